The summed E-state index contributed by atoms with van der Waals surface area (Å²) in [4.78, 5) is 11.4. The van der Waals surface area contributed by atoms with E-state index in [4.69, 9.17) is 0 Å². The number of hydrazone groups is 1. The van der Waals surface area contributed by atoms with Crippen LogP contribution in [0.15, 0.2) is 77.4 Å². The van der Waals surface area contributed by atoms with Crippen LogP contribution >= 0.6 is 0 Å². The first-order chi connectivity index (χ1) is 18.5. The lowest BCUT2D eigenvalue weighted by Crippen LogP contribution is -2.05. The highest BCUT2D eigenvalue weighted by atomic mass is 19.1. The van der Waals surface area contributed by atoms with Crippen molar-refractivity contribution in [2.45, 2.75) is 54.5 Å². The average molecular weight is 532 g/mol. The molecule has 0 aliphatic carbocycles. The Hall–Kier alpha value is -3.57. The van der Waals surface area contributed by atoms with Crippen LogP contribution in [0.5, 0.6) is 0 Å². The molecule has 39 heavy (non-hydrogen) atoms. The van der Waals surface area contributed by atoms with Crippen LogP contribution in [0.1, 0.15) is 61.1 Å². The van der Waals surface area contributed by atoms with Crippen LogP contribution in [0.2, 0.25) is 0 Å². The largest absolute Gasteiger partial charge is 0.316 e. The first-order valence-electron chi connectivity index (χ1n) is 13.5. The highest BCUT2D eigenvalue weighted by Gasteiger charge is 2.10. The third-order valence-electron chi connectivity index (χ3n) is 6.26. The standard InChI is InChI=1S/C17H24N2O.C9H12FN.C8H10/c1-12(2)14(4)17(11-20)16-8-7-15(9-13(16)3)10-18-19(5)6;1-7-3-4-8(6-11-2)5-9(7)10;1-2-8-6-4-3-5-7-8/h7-12H,1-6H3;3-5,11H,6H2,1-2H3;3-7H,2H2,1H3/b17-14+,18-10+;;. The van der Waals surface area contributed by atoms with E-state index in [9.17, 15) is 9.18 Å². The predicted octanol–water partition coefficient (Wildman–Crippen LogP) is 7.62. The maximum Gasteiger partial charge on any atom is 0.150 e. The van der Waals surface area contributed by atoms with E-state index >= 15 is 0 Å². The van der Waals surface area contributed by atoms with E-state index < -0.39 is 0 Å². The van der Waals surface area contributed by atoms with Crippen molar-refractivity contribution in [3.63, 3.8) is 0 Å². The summed E-state index contributed by atoms with van der Waals surface area (Å²) in [7, 11) is 5.62. The zero-order valence-electron chi connectivity index (χ0n) is 25.2. The van der Waals surface area contributed by atoms with Crippen LogP contribution in [0.3, 0.4) is 0 Å². The Kier molecular flexibility index (Phi) is 15.3. The molecule has 0 saturated carbocycles. The molecule has 5 heteroatoms. The van der Waals surface area contributed by atoms with Crippen molar-refractivity contribution in [3.8, 4) is 0 Å². The van der Waals surface area contributed by atoms with Gasteiger partial charge in [0.2, 0.25) is 0 Å². The molecule has 210 valence electrons. The van der Waals surface area contributed by atoms with Crippen LogP contribution in [-0.4, -0.2) is 38.7 Å². The highest BCUT2D eigenvalue weighted by Crippen LogP contribution is 2.25. The number of nitrogens with zero attached hydrogens (tertiary/aromatic N) is 2. The molecule has 3 aromatic carbocycles. The molecule has 0 aliphatic heterocycles. The molecule has 0 heterocycles. The molecule has 0 atom stereocenters. The summed E-state index contributed by atoms with van der Waals surface area (Å²) in [5, 5.41) is 8.94. The van der Waals surface area contributed by atoms with Crippen molar-refractivity contribution < 1.29 is 9.18 Å². The number of carbonyl (C=O) groups excluding carboxylic acids is 1. The van der Waals surface area contributed by atoms with Gasteiger partial charge in [0, 0.05) is 26.2 Å². The summed E-state index contributed by atoms with van der Waals surface area (Å²) in [5.41, 5.74) is 8.15. The number of benzene rings is 3. The van der Waals surface area contributed by atoms with Gasteiger partial charge in [-0.05, 0) is 85.7 Å². The van der Waals surface area contributed by atoms with Gasteiger partial charge < -0.3 is 10.3 Å². The fraction of sp³-hybridized carbons (Fsp3) is 0.353. The quantitative estimate of drug-likeness (QED) is 0.141. The molecular formula is C34H46FN3O. The lowest BCUT2D eigenvalue weighted by Gasteiger charge is -2.13. The van der Waals surface area contributed by atoms with Crippen molar-refractivity contribution in [1.82, 2.24) is 10.3 Å². The number of hydrogen-bond acceptors (Lipinski definition) is 4. The molecule has 3 rings (SSSR count). The Morgan fingerprint density at radius 2 is 1.64 bits per heavy atom. The third kappa shape index (κ3) is 12.2. The summed E-state index contributed by atoms with van der Waals surface area (Å²) in [6.45, 7) is 12.9. The minimum atomic E-state index is -0.127. The van der Waals surface area contributed by atoms with Gasteiger partial charge in [0.05, 0.1) is 6.21 Å². The molecule has 0 saturated heterocycles. The van der Waals surface area contributed by atoms with Gasteiger partial charge in [-0.2, -0.15) is 5.10 Å². The van der Waals surface area contributed by atoms with Gasteiger partial charge in [-0.25, -0.2) is 4.39 Å². The monoisotopic (exact) mass is 531 g/mol. The topological polar surface area (TPSA) is 44.7 Å². The summed E-state index contributed by atoms with van der Waals surface area (Å²) >= 11 is 0. The lowest BCUT2D eigenvalue weighted by atomic mass is 9.91. The van der Waals surface area contributed by atoms with Gasteiger partial charge in [-0.15, -0.1) is 0 Å². The number of halogens is 1. The Balaban J connectivity index is 0.000000332. The fourth-order valence-corrected chi connectivity index (χ4v) is 3.60. The Labute approximate surface area is 235 Å². The summed E-state index contributed by atoms with van der Waals surface area (Å²) in [6, 6.07) is 21.8. The minimum absolute atomic E-state index is 0.127. The fourth-order valence-electron chi connectivity index (χ4n) is 3.60. The summed E-state index contributed by atoms with van der Waals surface area (Å²) in [5.74, 6) is 0.238. The number of rotatable bonds is 8. The molecular weight excluding hydrogens is 485 g/mol. The van der Waals surface area contributed by atoms with E-state index in [1.165, 1.54) is 5.56 Å². The van der Waals surface area contributed by atoms with Crippen LogP contribution in [-0.2, 0) is 17.8 Å². The maximum atomic E-state index is 12.9. The first-order valence-corrected chi connectivity index (χ1v) is 13.5. The van der Waals surface area contributed by atoms with E-state index in [-0.39, 0.29) is 5.82 Å². The van der Waals surface area contributed by atoms with Crippen LogP contribution in [0.4, 0.5) is 4.39 Å². The second-order valence-electron chi connectivity index (χ2n) is 9.99. The van der Waals surface area contributed by atoms with E-state index in [1.807, 2.05) is 65.5 Å². The van der Waals surface area contributed by atoms with Gasteiger partial charge in [-0.3, -0.25) is 4.79 Å². The van der Waals surface area contributed by atoms with Crippen molar-refractivity contribution in [1.29, 1.82) is 0 Å². The molecule has 3 aromatic rings. The van der Waals surface area contributed by atoms with Crippen molar-refractivity contribution in [2.75, 3.05) is 21.1 Å². The van der Waals surface area contributed by atoms with E-state index in [0.717, 1.165) is 52.7 Å². The van der Waals surface area contributed by atoms with Crippen molar-refractivity contribution >= 4 is 18.1 Å². The lowest BCUT2D eigenvalue weighted by molar-refractivity contribution is -0.103. The average Bonchev–Trinajstić information content (AvgIpc) is 2.92. The molecule has 1 N–H and O–H groups in total. The van der Waals surface area contributed by atoms with Gasteiger partial charge in [0.1, 0.15) is 5.82 Å². The normalized spacial score (nSPS) is 11.3. The van der Waals surface area contributed by atoms with Crippen LogP contribution in [0.25, 0.3) is 5.57 Å². The van der Waals surface area contributed by atoms with Gasteiger partial charge in [0.15, 0.2) is 6.29 Å². The zero-order chi connectivity index (χ0) is 29.4. The van der Waals surface area contributed by atoms with Crippen molar-refractivity contribution in [3.05, 3.63) is 112 Å². The minimum Gasteiger partial charge on any atom is -0.316 e. The number of carbonyl (C=O) groups is 1. The molecule has 0 bridgehead atoms. The van der Waals surface area contributed by atoms with E-state index in [2.05, 4.69) is 61.5 Å². The smallest absolute Gasteiger partial charge is 0.150 e. The van der Waals surface area contributed by atoms with E-state index in [0.29, 0.717) is 11.5 Å². The highest BCUT2D eigenvalue weighted by molar-refractivity contribution is 6.09. The molecule has 0 aliphatic rings. The number of hydrogen-bond donors (Lipinski definition) is 1. The zero-order valence-corrected chi connectivity index (χ0v) is 25.2. The number of allylic oxidation sites excluding steroid dienone is 2. The van der Waals surface area contributed by atoms with Crippen LogP contribution < -0.4 is 5.32 Å². The predicted molar refractivity (Wildman–Crippen MR) is 166 cm³/mol. The number of nitrogens with one attached hydrogen (secondary N) is 1. The molecule has 0 radical (unpaired) electrons. The Bertz CT molecular complexity index is 1210. The summed E-state index contributed by atoms with van der Waals surface area (Å²) < 4.78 is 12.9. The van der Waals surface area contributed by atoms with E-state index in [1.54, 1.807) is 24.1 Å². The molecule has 0 fully saturated rings. The second kappa shape index (κ2) is 17.8. The number of aldehydes is 1. The molecule has 0 spiro atoms. The number of aryl methyl sites for hydroxylation is 3. The third-order valence-corrected chi connectivity index (χ3v) is 6.26. The molecule has 4 nitrogen and oxygen atoms in total. The van der Waals surface area contributed by atoms with Gasteiger partial charge in [-0.1, -0.05) is 80.9 Å². The SMILES string of the molecule is C/C(=C(/C=O)c1ccc(/C=N/N(C)C)cc1C)C(C)C.CCc1ccccc1.CNCc1ccc(C)c(F)c1. The molecule has 0 amide bonds. The van der Waals surface area contributed by atoms with Crippen molar-refractivity contribution in [2.24, 2.45) is 11.0 Å². The Morgan fingerprint density at radius 3 is 2.10 bits per heavy atom. The second-order valence-corrected chi connectivity index (χ2v) is 9.99. The van der Waals surface area contributed by atoms with Gasteiger partial charge in [0.25, 0.3) is 0 Å². The van der Waals surface area contributed by atoms with Gasteiger partial charge >= 0.3 is 0 Å². The Morgan fingerprint density at radius 1 is 0.974 bits per heavy atom. The first kappa shape index (κ1) is 33.5. The summed E-state index contributed by atoms with van der Waals surface area (Å²) in [6.07, 6.45) is 3.92. The molecule has 0 aromatic heterocycles. The van der Waals surface area contributed by atoms with Crippen LogP contribution in [0, 0.1) is 25.6 Å². The molecule has 0 unspecified atom stereocenters. The maximum absolute atomic E-state index is 12.9.